The number of esters is 1. The second kappa shape index (κ2) is 8.75. The molecule has 0 fully saturated rings. The summed E-state index contributed by atoms with van der Waals surface area (Å²) in [5.74, 6) is -1.45. The Hall–Kier alpha value is -3.22. The van der Waals surface area contributed by atoms with Gasteiger partial charge in [-0.2, -0.15) is 0 Å². The fourth-order valence-electron chi connectivity index (χ4n) is 2.20. The number of nitrogens with one attached hydrogen (secondary N) is 1. The normalized spacial score (nSPS) is 10.1. The lowest BCUT2D eigenvalue weighted by molar-refractivity contribution is -0.143. The largest absolute Gasteiger partial charge is 0.496 e. The molecule has 7 heteroatoms. The van der Waals surface area contributed by atoms with Crippen molar-refractivity contribution in [3.8, 4) is 5.75 Å². The highest BCUT2D eigenvalue weighted by atomic mass is 19.1. The van der Waals surface area contributed by atoms with Gasteiger partial charge in [-0.3, -0.25) is 14.4 Å². The van der Waals surface area contributed by atoms with Crippen molar-refractivity contribution in [1.82, 2.24) is 5.32 Å². The number of benzene rings is 2. The number of Topliss-reactive ketones (excluding diaryl/α,β-unsaturated/α-hetero) is 1. The highest BCUT2D eigenvalue weighted by Gasteiger charge is 2.12. The predicted octanol–water partition coefficient (Wildman–Crippen LogP) is 2.51. The average Bonchev–Trinajstić information content (AvgIpc) is 2.64. The van der Waals surface area contributed by atoms with E-state index in [4.69, 9.17) is 9.47 Å². The molecule has 0 atom stereocenters. The number of ether oxygens (including phenoxy) is 2. The highest BCUT2D eigenvalue weighted by Crippen LogP contribution is 2.21. The van der Waals surface area contributed by atoms with Crippen molar-refractivity contribution in [2.75, 3.05) is 13.7 Å². The van der Waals surface area contributed by atoms with Gasteiger partial charge in [-0.1, -0.05) is 6.07 Å². The lowest BCUT2D eigenvalue weighted by Gasteiger charge is -2.11. The smallest absolute Gasteiger partial charge is 0.325 e. The second-order valence-electron chi connectivity index (χ2n) is 5.44. The van der Waals surface area contributed by atoms with Crippen molar-refractivity contribution in [2.24, 2.45) is 0 Å². The van der Waals surface area contributed by atoms with E-state index in [0.29, 0.717) is 16.9 Å². The molecule has 2 aromatic rings. The fourth-order valence-corrected chi connectivity index (χ4v) is 2.20. The maximum Gasteiger partial charge on any atom is 0.325 e. The predicted molar refractivity (Wildman–Crippen MR) is 91.5 cm³/mol. The molecule has 1 amide bonds. The number of carbonyl (C=O) groups excluding carboxylic acids is 3. The van der Waals surface area contributed by atoms with Gasteiger partial charge in [0.05, 0.1) is 7.11 Å². The van der Waals surface area contributed by atoms with Crippen LogP contribution in [-0.4, -0.2) is 31.3 Å². The number of ketones is 1. The van der Waals surface area contributed by atoms with Gasteiger partial charge in [-0.15, -0.1) is 0 Å². The summed E-state index contributed by atoms with van der Waals surface area (Å²) in [7, 11) is 1.47. The van der Waals surface area contributed by atoms with Crippen LogP contribution in [-0.2, 0) is 16.1 Å². The topological polar surface area (TPSA) is 81.7 Å². The van der Waals surface area contributed by atoms with Crippen LogP contribution in [0.5, 0.6) is 5.75 Å². The maximum absolute atomic E-state index is 13.1. The van der Waals surface area contributed by atoms with E-state index in [1.165, 1.54) is 32.2 Å². The fraction of sp³-hybridized carbons (Fsp3) is 0.211. The van der Waals surface area contributed by atoms with Crippen LogP contribution in [0.2, 0.25) is 0 Å². The number of carbonyl (C=O) groups is 3. The zero-order valence-corrected chi connectivity index (χ0v) is 14.4. The summed E-state index contributed by atoms with van der Waals surface area (Å²) in [5.41, 5.74) is 1.11. The molecular weight excluding hydrogens is 341 g/mol. The Morgan fingerprint density at radius 1 is 1.08 bits per heavy atom. The third kappa shape index (κ3) is 5.14. The molecule has 0 spiro atoms. The minimum Gasteiger partial charge on any atom is -0.496 e. The SMILES string of the molecule is COc1ccc(C(C)=O)cc1COC(=O)CNC(=O)c1cccc(F)c1. The number of rotatable bonds is 7. The zero-order valence-electron chi connectivity index (χ0n) is 14.4. The van der Waals surface area contributed by atoms with Crippen molar-refractivity contribution in [2.45, 2.75) is 13.5 Å². The van der Waals surface area contributed by atoms with Gasteiger partial charge in [0.1, 0.15) is 24.7 Å². The summed E-state index contributed by atoms with van der Waals surface area (Å²) in [5, 5.41) is 2.35. The number of hydrogen-bond donors (Lipinski definition) is 1. The van der Waals surface area contributed by atoms with Crippen molar-refractivity contribution in [3.05, 3.63) is 65.0 Å². The van der Waals surface area contributed by atoms with Gasteiger partial charge < -0.3 is 14.8 Å². The van der Waals surface area contributed by atoms with E-state index >= 15 is 0 Å². The first-order valence-corrected chi connectivity index (χ1v) is 7.78. The Morgan fingerprint density at radius 3 is 2.50 bits per heavy atom. The standard InChI is InChI=1S/C19H18FNO5/c1-12(22)13-6-7-17(25-2)15(8-13)11-26-18(23)10-21-19(24)14-4-3-5-16(20)9-14/h3-9H,10-11H2,1-2H3,(H,21,24). The van der Waals surface area contributed by atoms with Gasteiger partial charge in [0.2, 0.25) is 0 Å². The van der Waals surface area contributed by atoms with E-state index in [1.807, 2.05) is 0 Å². The molecule has 0 aliphatic carbocycles. The van der Waals surface area contributed by atoms with Gasteiger partial charge >= 0.3 is 5.97 Å². The Bertz CT molecular complexity index is 834. The van der Waals surface area contributed by atoms with Crippen LogP contribution in [0.15, 0.2) is 42.5 Å². The molecule has 0 unspecified atom stereocenters. The van der Waals surface area contributed by atoms with Gasteiger partial charge in [0, 0.05) is 16.7 Å². The monoisotopic (exact) mass is 359 g/mol. The number of hydrogen-bond acceptors (Lipinski definition) is 5. The zero-order chi connectivity index (χ0) is 19.1. The molecule has 2 rings (SSSR count). The minimum atomic E-state index is -0.676. The molecule has 0 aromatic heterocycles. The lowest BCUT2D eigenvalue weighted by Crippen LogP contribution is -2.30. The first-order chi connectivity index (χ1) is 12.4. The molecular formula is C19H18FNO5. The molecule has 0 aliphatic heterocycles. The molecule has 1 N–H and O–H groups in total. The molecule has 0 saturated heterocycles. The Balaban J connectivity index is 1.91. The van der Waals surface area contributed by atoms with Crippen LogP contribution in [0.25, 0.3) is 0 Å². The van der Waals surface area contributed by atoms with Crippen molar-refractivity contribution < 1.29 is 28.2 Å². The highest BCUT2D eigenvalue weighted by molar-refractivity contribution is 5.96. The van der Waals surface area contributed by atoms with Crippen molar-refractivity contribution in [1.29, 1.82) is 0 Å². The van der Waals surface area contributed by atoms with E-state index in [1.54, 1.807) is 18.2 Å². The summed E-state index contributed by atoms with van der Waals surface area (Å²) >= 11 is 0. The molecule has 0 bridgehead atoms. The third-order valence-electron chi connectivity index (χ3n) is 3.56. The summed E-state index contributed by atoms with van der Waals surface area (Å²) in [6.07, 6.45) is 0. The van der Waals surface area contributed by atoms with Gasteiger partial charge in [0.15, 0.2) is 5.78 Å². The van der Waals surface area contributed by atoms with Gasteiger partial charge in [0.25, 0.3) is 5.91 Å². The minimum absolute atomic E-state index is 0.105. The summed E-state index contributed by atoms with van der Waals surface area (Å²) in [6, 6.07) is 9.93. The lowest BCUT2D eigenvalue weighted by atomic mass is 10.1. The van der Waals surface area contributed by atoms with Crippen LogP contribution < -0.4 is 10.1 Å². The molecule has 0 radical (unpaired) electrons. The third-order valence-corrected chi connectivity index (χ3v) is 3.56. The molecule has 6 nitrogen and oxygen atoms in total. The molecule has 2 aromatic carbocycles. The quantitative estimate of drug-likeness (QED) is 0.607. The van der Waals surface area contributed by atoms with Crippen LogP contribution >= 0.6 is 0 Å². The van der Waals surface area contributed by atoms with Gasteiger partial charge in [-0.25, -0.2) is 4.39 Å². The maximum atomic E-state index is 13.1. The Labute approximate surface area is 149 Å². The van der Waals surface area contributed by atoms with E-state index in [9.17, 15) is 18.8 Å². The second-order valence-corrected chi connectivity index (χ2v) is 5.44. The summed E-state index contributed by atoms with van der Waals surface area (Å²) < 4.78 is 23.4. The van der Waals surface area contributed by atoms with Crippen molar-refractivity contribution >= 4 is 17.7 Å². The van der Waals surface area contributed by atoms with Crippen LogP contribution in [0.4, 0.5) is 4.39 Å². The van der Waals surface area contributed by atoms with E-state index in [2.05, 4.69) is 5.32 Å². The first-order valence-electron chi connectivity index (χ1n) is 7.78. The Morgan fingerprint density at radius 2 is 1.85 bits per heavy atom. The van der Waals surface area contributed by atoms with Gasteiger partial charge in [-0.05, 0) is 43.3 Å². The number of halogens is 1. The molecule has 136 valence electrons. The molecule has 0 aliphatic rings. The number of amides is 1. The van der Waals surface area contributed by atoms with E-state index in [-0.39, 0.29) is 24.5 Å². The number of methoxy groups -OCH3 is 1. The Kier molecular flexibility index (Phi) is 6.43. The molecule has 26 heavy (non-hydrogen) atoms. The van der Waals surface area contributed by atoms with Crippen LogP contribution in [0, 0.1) is 5.82 Å². The molecule has 0 heterocycles. The average molecular weight is 359 g/mol. The molecule has 0 saturated carbocycles. The van der Waals surface area contributed by atoms with Crippen LogP contribution in [0.1, 0.15) is 33.2 Å². The summed E-state index contributed by atoms with van der Waals surface area (Å²) in [4.78, 5) is 35.1. The van der Waals surface area contributed by atoms with Crippen LogP contribution in [0.3, 0.4) is 0 Å². The van der Waals surface area contributed by atoms with E-state index in [0.717, 1.165) is 6.07 Å². The van der Waals surface area contributed by atoms with E-state index < -0.39 is 17.7 Å². The first kappa shape index (κ1) is 19.1. The van der Waals surface area contributed by atoms with Crippen molar-refractivity contribution in [3.63, 3.8) is 0 Å². The summed E-state index contributed by atoms with van der Waals surface area (Å²) in [6.45, 7) is 0.947.